The molecule has 17 heavy (non-hydrogen) atoms. The third kappa shape index (κ3) is 1.82. The zero-order valence-electron chi connectivity index (χ0n) is 9.57. The lowest BCUT2D eigenvalue weighted by atomic mass is 10.1. The fraction of sp³-hybridized carbons (Fsp3) is 0.154. The fourth-order valence-corrected chi connectivity index (χ4v) is 1.88. The van der Waals surface area contributed by atoms with E-state index in [2.05, 4.69) is 0 Å². The van der Waals surface area contributed by atoms with E-state index in [0.29, 0.717) is 16.8 Å². The van der Waals surface area contributed by atoms with Gasteiger partial charge in [-0.1, -0.05) is 12.1 Å². The van der Waals surface area contributed by atoms with Crippen LogP contribution in [0.15, 0.2) is 30.3 Å². The highest BCUT2D eigenvalue weighted by atomic mass is 19.1. The number of carbonyl (C=O) groups is 1. The van der Waals surface area contributed by atoms with Gasteiger partial charge in [-0.25, -0.2) is 9.18 Å². The van der Waals surface area contributed by atoms with Gasteiger partial charge >= 0.3 is 5.97 Å². The lowest BCUT2D eigenvalue weighted by Gasteiger charge is -2.09. The van der Waals surface area contributed by atoms with E-state index in [0.717, 1.165) is 0 Å². The van der Waals surface area contributed by atoms with Crippen LogP contribution in [-0.4, -0.2) is 15.6 Å². The first-order valence-corrected chi connectivity index (χ1v) is 5.17. The van der Waals surface area contributed by atoms with Gasteiger partial charge in [0.25, 0.3) is 0 Å². The zero-order chi connectivity index (χ0) is 12.6. The van der Waals surface area contributed by atoms with E-state index in [1.165, 1.54) is 12.1 Å². The Morgan fingerprint density at radius 3 is 2.59 bits per heavy atom. The molecule has 2 rings (SSSR count). The molecule has 2 aromatic rings. The smallest absolute Gasteiger partial charge is 0.352 e. The number of rotatable bonds is 2. The minimum atomic E-state index is -0.993. The molecule has 0 aliphatic carbocycles. The number of carboxylic acid groups (broad SMARTS) is 1. The quantitative estimate of drug-likeness (QED) is 0.866. The van der Waals surface area contributed by atoms with Crippen LogP contribution in [0.25, 0.3) is 11.3 Å². The fourth-order valence-electron chi connectivity index (χ4n) is 1.88. The van der Waals surface area contributed by atoms with Crippen molar-refractivity contribution in [1.29, 1.82) is 0 Å². The molecular formula is C13H12FNO2. The predicted molar refractivity (Wildman–Crippen MR) is 62.5 cm³/mol. The number of aromatic carboxylic acids is 1. The van der Waals surface area contributed by atoms with E-state index >= 15 is 0 Å². The Morgan fingerprint density at radius 1 is 1.29 bits per heavy atom. The van der Waals surface area contributed by atoms with Gasteiger partial charge in [-0.15, -0.1) is 0 Å². The molecule has 0 atom stereocenters. The minimum Gasteiger partial charge on any atom is -0.477 e. The molecule has 4 heteroatoms. The van der Waals surface area contributed by atoms with Crippen molar-refractivity contribution >= 4 is 5.97 Å². The molecule has 0 aliphatic heterocycles. The molecule has 1 aromatic heterocycles. The monoisotopic (exact) mass is 233 g/mol. The Hall–Kier alpha value is -2.10. The first-order valence-electron chi connectivity index (χ1n) is 5.17. The van der Waals surface area contributed by atoms with Crippen LogP contribution >= 0.6 is 0 Å². The Bertz CT molecular complexity index is 587. The van der Waals surface area contributed by atoms with Crippen molar-refractivity contribution in [3.63, 3.8) is 0 Å². The number of nitrogens with zero attached hydrogens (tertiary/aromatic N) is 1. The van der Waals surface area contributed by atoms with Gasteiger partial charge < -0.3 is 9.67 Å². The van der Waals surface area contributed by atoms with Crippen molar-refractivity contribution in [3.05, 3.63) is 47.4 Å². The maximum Gasteiger partial charge on any atom is 0.352 e. The molecule has 0 spiro atoms. The molecule has 3 nitrogen and oxygen atoms in total. The van der Waals surface area contributed by atoms with E-state index < -0.39 is 5.97 Å². The Labute approximate surface area is 98.1 Å². The highest BCUT2D eigenvalue weighted by Crippen LogP contribution is 2.26. The normalized spacial score (nSPS) is 10.5. The molecule has 1 aromatic carbocycles. The van der Waals surface area contributed by atoms with Crippen LogP contribution in [0.1, 0.15) is 16.1 Å². The average molecular weight is 233 g/mol. The summed E-state index contributed by atoms with van der Waals surface area (Å²) >= 11 is 0. The van der Waals surface area contributed by atoms with E-state index in [1.54, 1.807) is 36.7 Å². The van der Waals surface area contributed by atoms with E-state index in [9.17, 15) is 9.18 Å². The molecule has 0 saturated heterocycles. The maximum absolute atomic E-state index is 13.4. The summed E-state index contributed by atoms with van der Waals surface area (Å²) in [5.74, 6) is -1.28. The first-order chi connectivity index (χ1) is 8.02. The summed E-state index contributed by atoms with van der Waals surface area (Å²) in [7, 11) is 1.66. The van der Waals surface area contributed by atoms with Crippen LogP contribution in [0.5, 0.6) is 0 Å². The molecule has 0 unspecified atom stereocenters. The third-order valence-electron chi connectivity index (χ3n) is 2.88. The van der Waals surface area contributed by atoms with Gasteiger partial charge in [0.15, 0.2) is 0 Å². The number of hydrogen-bond acceptors (Lipinski definition) is 1. The highest BCUT2D eigenvalue weighted by molar-refractivity contribution is 5.87. The van der Waals surface area contributed by atoms with Crippen molar-refractivity contribution in [1.82, 2.24) is 4.57 Å². The summed E-state index contributed by atoms with van der Waals surface area (Å²) < 4.78 is 15.0. The summed E-state index contributed by atoms with van der Waals surface area (Å²) in [6.07, 6.45) is 0. The van der Waals surface area contributed by atoms with Crippen LogP contribution in [-0.2, 0) is 7.05 Å². The van der Waals surface area contributed by atoms with Crippen LogP contribution in [0.4, 0.5) is 4.39 Å². The molecule has 0 saturated carbocycles. The van der Waals surface area contributed by atoms with E-state index in [-0.39, 0.29) is 11.5 Å². The SMILES string of the molecule is Cc1c(F)cccc1-c1ccc(C(=O)O)n1C. The summed E-state index contributed by atoms with van der Waals surface area (Å²) in [5.41, 5.74) is 2.11. The first kappa shape index (κ1) is 11.4. The second-order valence-corrected chi connectivity index (χ2v) is 3.88. The summed E-state index contributed by atoms with van der Waals surface area (Å²) in [4.78, 5) is 10.9. The molecule has 88 valence electrons. The Kier molecular flexibility index (Phi) is 2.71. The van der Waals surface area contributed by atoms with Crippen molar-refractivity contribution < 1.29 is 14.3 Å². The molecular weight excluding hydrogens is 221 g/mol. The number of benzene rings is 1. The third-order valence-corrected chi connectivity index (χ3v) is 2.88. The van der Waals surface area contributed by atoms with Gasteiger partial charge in [0.1, 0.15) is 11.5 Å². The highest BCUT2D eigenvalue weighted by Gasteiger charge is 2.14. The largest absolute Gasteiger partial charge is 0.477 e. The molecule has 1 N–H and O–H groups in total. The van der Waals surface area contributed by atoms with Crippen LogP contribution in [0, 0.1) is 12.7 Å². The van der Waals surface area contributed by atoms with Crippen molar-refractivity contribution in [2.75, 3.05) is 0 Å². The molecule has 1 heterocycles. The van der Waals surface area contributed by atoms with Crippen LogP contribution in [0.2, 0.25) is 0 Å². The van der Waals surface area contributed by atoms with Gasteiger partial charge in [0.05, 0.1) is 0 Å². The van der Waals surface area contributed by atoms with Gasteiger partial charge in [-0.3, -0.25) is 0 Å². The summed E-state index contributed by atoms with van der Waals surface area (Å²) in [6.45, 7) is 1.68. The minimum absolute atomic E-state index is 0.184. The van der Waals surface area contributed by atoms with Gasteiger partial charge in [0, 0.05) is 18.3 Å². The van der Waals surface area contributed by atoms with Crippen molar-refractivity contribution in [3.8, 4) is 11.3 Å². The molecule has 0 bridgehead atoms. The van der Waals surface area contributed by atoms with Gasteiger partial charge in [-0.05, 0) is 30.7 Å². The number of carboxylic acids is 1. The average Bonchev–Trinajstić information content (AvgIpc) is 2.64. The molecule has 0 fully saturated rings. The van der Waals surface area contributed by atoms with Crippen molar-refractivity contribution in [2.45, 2.75) is 6.92 Å². The number of halogens is 1. The second-order valence-electron chi connectivity index (χ2n) is 3.88. The lowest BCUT2D eigenvalue weighted by molar-refractivity contribution is 0.0687. The Balaban J connectivity index is 2.62. The van der Waals surface area contributed by atoms with E-state index in [4.69, 9.17) is 5.11 Å². The Morgan fingerprint density at radius 2 is 2.00 bits per heavy atom. The number of hydrogen-bond donors (Lipinski definition) is 1. The van der Waals surface area contributed by atoms with Gasteiger partial charge in [0.2, 0.25) is 0 Å². The maximum atomic E-state index is 13.4. The lowest BCUT2D eigenvalue weighted by Crippen LogP contribution is -2.05. The van der Waals surface area contributed by atoms with Gasteiger partial charge in [-0.2, -0.15) is 0 Å². The summed E-state index contributed by atoms with van der Waals surface area (Å²) in [6, 6.07) is 7.98. The van der Waals surface area contributed by atoms with Crippen molar-refractivity contribution in [2.24, 2.45) is 7.05 Å². The van der Waals surface area contributed by atoms with E-state index in [1.807, 2.05) is 0 Å². The standard InChI is InChI=1S/C13H12FNO2/c1-8-9(4-3-5-10(8)14)11-6-7-12(13(16)17)15(11)2/h3-7H,1-2H3,(H,16,17). The number of aromatic nitrogens is 1. The molecule has 0 aliphatic rings. The second kappa shape index (κ2) is 4.05. The molecule has 0 radical (unpaired) electrons. The zero-order valence-corrected chi connectivity index (χ0v) is 9.57. The topological polar surface area (TPSA) is 42.2 Å². The summed E-state index contributed by atoms with van der Waals surface area (Å²) in [5, 5.41) is 8.95. The van der Waals surface area contributed by atoms with Crippen LogP contribution < -0.4 is 0 Å². The molecule has 0 amide bonds. The van der Waals surface area contributed by atoms with Crippen LogP contribution in [0.3, 0.4) is 0 Å². The predicted octanol–water partition coefficient (Wildman–Crippen LogP) is 2.84.